The number of ether oxygens (including phenoxy) is 1. The maximum atomic E-state index is 6.08. The molecule has 1 aliphatic rings. The van der Waals surface area contributed by atoms with Crippen molar-refractivity contribution >= 4 is 11.3 Å². The zero-order valence-electron chi connectivity index (χ0n) is 13.0. The van der Waals surface area contributed by atoms with Gasteiger partial charge in [-0.05, 0) is 51.3 Å². The molecular weight excluding hydrogens is 268 g/mol. The summed E-state index contributed by atoms with van der Waals surface area (Å²) in [6.45, 7) is 10.3. The van der Waals surface area contributed by atoms with Crippen molar-refractivity contribution in [2.45, 2.75) is 52.2 Å². The normalized spacial score (nSPS) is 22.1. The van der Waals surface area contributed by atoms with E-state index in [-0.39, 0.29) is 0 Å². The average Bonchev–Trinajstić information content (AvgIpc) is 2.77. The molecule has 0 saturated carbocycles. The van der Waals surface area contributed by atoms with Crippen molar-refractivity contribution in [1.82, 2.24) is 4.90 Å². The number of thiophene rings is 1. The van der Waals surface area contributed by atoms with Crippen molar-refractivity contribution < 1.29 is 4.74 Å². The lowest BCUT2D eigenvalue weighted by molar-refractivity contribution is -0.0118. The summed E-state index contributed by atoms with van der Waals surface area (Å²) >= 11 is 1.88. The molecule has 2 rings (SSSR count). The van der Waals surface area contributed by atoms with Crippen molar-refractivity contribution in [1.29, 1.82) is 0 Å². The molecule has 20 heavy (non-hydrogen) atoms. The monoisotopic (exact) mass is 296 g/mol. The van der Waals surface area contributed by atoms with E-state index < -0.39 is 0 Å². The summed E-state index contributed by atoms with van der Waals surface area (Å²) in [5.74, 6) is 0. The van der Waals surface area contributed by atoms with Gasteiger partial charge in [0.15, 0.2) is 0 Å². The van der Waals surface area contributed by atoms with Crippen molar-refractivity contribution in [3.63, 3.8) is 0 Å². The Morgan fingerprint density at radius 1 is 1.50 bits per heavy atom. The number of nitrogens with zero attached hydrogens (tertiary/aromatic N) is 1. The predicted octanol–water partition coefficient (Wildman–Crippen LogP) is 3.26. The molecule has 3 nitrogen and oxygen atoms in total. The molecule has 0 bridgehead atoms. The van der Waals surface area contributed by atoms with Crippen LogP contribution in [0.1, 0.15) is 47.5 Å². The van der Waals surface area contributed by atoms with Gasteiger partial charge in [-0.25, -0.2) is 0 Å². The molecule has 0 aromatic carbocycles. The first-order chi connectivity index (χ1) is 9.65. The minimum atomic E-state index is 0.355. The zero-order chi connectivity index (χ0) is 14.5. The van der Waals surface area contributed by atoms with Gasteiger partial charge in [-0.15, -0.1) is 11.3 Å². The number of aryl methyl sites for hydroxylation is 2. The quantitative estimate of drug-likeness (QED) is 0.875. The molecule has 1 aliphatic heterocycles. The molecule has 2 atom stereocenters. The Morgan fingerprint density at radius 3 is 2.90 bits per heavy atom. The first-order valence-corrected chi connectivity index (χ1v) is 8.60. The Kier molecular flexibility index (Phi) is 6.02. The van der Waals surface area contributed by atoms with Crippen LogP contribution in [-0.2, 0) is 4.74 Å². The van der Waals surface area contributed by atoms with Crippen LogP contribution >= 0.6 is 11.3 Å². The van der Waals surface area contributed by atoms with Gasteiger partial charge in [0.05, 0.1) is 6.10 Å². The smallest absolute Gasteiger partial charge is 0.0702 e. The van der Waals surface area contributed by atoms with Crippen LogP contribution in [0.25, 0.3) is 0 Å². The van der Waals surface area contributed by atoms with Crippen LogP contribution in [-0.4, -0.2) is 37.2 Å². The standard InChI is InChI=1S/C16H28N2OS/c1-4-8-19-14-6-5-7-18(11-14)16(10-17)15-9-12(2)20-13(15)3/h9,14,16H,4-8,10-11,17H2,1-3H3. The molecule has 0 amide bonds. The molecule has 114 valence electrons. The zero-order valence-corrected chi connectivity index (χ0v) is 13.8. The van der Waals surface area contributed by atoms with Gasteiger partial charge in [0, 0.05) is 35.5 Å². The molecule has 4 heteroatoms. The number of likely N-dealkylation sites (tertiary alicyclic amines) is 1. The molecule has 1 aromatic rings. The second-order valence-electron chi connectivity index (χ2n) is 5.75. The fourth-order valence-corrected chi connectivity index (χ4v) is 4.11. The molecule has 2 heterocycles. The number of rotatable bonds is 6. The Bertz CT molecular complexity index is 419. The van der Waals surface area contributed by atoms with Gasteiger partial charge in [-0.1, -0.05) is 6.92 Å². The lowest BCUT2D eigenvalue weighted by Crippen LogP contribution is -2.44. The molecule has 0 spiro atoms. The van der Waals surface area contributed by atoms with Crippen LogP contribution in [0.15, 0.2) is 6.07 Å². The maximum absolute atomic E-state index is 6.08. The Hall–Kier alpha value is -0.420. The van der Waals surface area contributed by atoms with Crippen molar-refractivity contribution in [2.75, 3.05) is 26.2 Å². The largest absolute Gasteiger partial charge is 0.377 e. The van der Waals surface area contributed by atoms with Crippen LogP contribution in [0.3, 0.4) is 0 Å². The molecular formula is C16H28N2OS. The highest BCUT2D eigenvalue weighted by Crippen LogP contribution is 2.31. The van der Waals surface area contributed by atoms with Crippen LogP contribution in [0.4, 0.5) is 0 Å². The van der Waals surface area contributed by atoms with E-state index in [2.05, 4.69) is 31.7 Å². The second-order valence-corrected chi connectivity index (χ2v) is 7.21. The van der Waals surface area contributed by atoms with E-state index in [0.717, 1.165) is 26.1 Å². The first-order valence-electron chi connectivity index (χ1n) is 7.78. The molecule has 2 N–H and O–H groups in total. The van der Waals surface area contributed by atoms with E-state index in [9.17, 15) is 0 Å². The van der Waals surface area contributed by atoms with Crippen LogP contribution in [0.5, 0.6) is 0 Å². The van der Waals surface area contributed by atoms with Gasteiger partial charge >= 0.3 is 0 Å². The number of hydrogen-bond acceptors (Lipinski definition) is 4. The third-order valence-electron chi connectivity index (χ3n) is 4.07. The van der Waals surface area contributed by atoms with Gasteiger partial charge in [-0.3, -0.25) is 4.90 Å². The van der Waals surface area contributed by atoms with Crippen molar-refractivity contribution in [3.05, 3.63) is 21.4 Å². The minimum absolute atomic E-state index is 0.355. The van der Waals surface area contributed by atoms with Gasteiger partial charge in [-0.2, -0.15) is 0 Å². The molecule has 0 radical (unpaired) electrons. The third kappa shape index (κ3) is 3.82. The van der Waals surface area contributed by atoms with E-state index in [4.69, 9.17) is 10.5 Å². The minimum Gasteiger partial charge on any atom is -0.377 e. The molecule has 2 unspecified atom stereocenters. The van der Waals surface area contributed by atoms with Crippen LogP contribution in [0, 0.1) is 13.8 Å². The molecule has 1 fully saturated rings. The highest BCUT2D eigenvalue weighted by Gasteiger charge is 2.27. The average molecular weight is 296 g/mol. The van der Waals surface area contributed by atoms with Crippen LogP contribution in [0.2, 0.25) is 0 Å². The Morgan fingerprint density at radius 2 is 2.30 bits per heavy atom. The van der Waals surface area contributed by atoms with Crippen molar-refractivity contribution in [3.8, 4) is 0 Å². The summed E-state index contributed by atoms with van der Waals surface area (Å²) < 4.78 is 5.95. The highest BCUT2D eigenvalue weighted by molar-refractivity contribution is 7.12. The van der Waals surface area contributed by atoms with Crippen LogP contribution < -0.4 is 5.73 Å². The van der Waals surface area contributed by atoms with Gasteiger partial charge in [0.1, 0.15) is 0 Å². The fraction of sp³-hybridized carbons (Fsp3) is 0.750. The molecule has 0 aliphatic carbocycles. The van der Waals surface area contributed by atoms with E-state index >= 15 is 0 Å². The lowest BCUT2D eigenvalue weighted by atomic mass is 10.0. The van der Waals surface area contributed by atoms with E-state index in [1.807, 2.05) is 11.3 Å². The first kappa shape index (κ1) is 16.0. The SMILES string of the molecule is CCCOC1CCCN(C(CN)c2cc(C)sc2C)C1. The van der Waals surface area contributed by atoms with E-state index in [0.29, 0.717) is 18.7 Å². The Balaban J connectivity index is 2.05. The number of piperidine rings is 1. The van der Waals surface area contributed by atoms with Gasteiger partial charge in [0.25, 0.3) is 0 Å². The summed E-state index contributed by atoms with van der Waals surface area (Å²) in [6, 6.07) is 2.67. The highest BCUT2D eigenvalue weighted by atomic mass is 32.1. The van der Waals surface area contributed by atoms with Crippen molar-refractivity contribution in [2.24, 2.45) is 5.73 Å². The topological polar surface area (TPSA) is 38.5 Å². The third-order valence-corrected chi connectivity index (χ3v) is 5.05. The maximum Gasteiger partial charge on any atom is 0.0702 e. The second kappa shape index (κ2) is 7.55. The molecule has 1 aromatic heterocycles. The summed E-state index contributed by atoms with van der Waals surface area (Å²) in [5, 5.41) is 0. The lowest BCUT2D eigenvalue weighted by Gasteiger charge is -2.38. The number of hydrogen-bond donors (Lipinski definition) is 1. The summed E-state index contributed by atoms with van der Waals surface area (Å²) in [5.41, 5.74) is 7.50. The number of nitrogens with two attached hydrogens (primary N) is 1. The van der Waals surface area contributed by atoms with Gasteiger partial charge in [0.2, 0.25) is 0 Å². The molecule has 1 saturated heterocycles. The fourth-order valence-electron chi connectivity index (χ4n) is 3.12. The summed E-state index contributed by atoms with van der Waals surface area (Å²) in [4.78, 5) is 5.32. The Labute approximate surface area is 127 Å². The van der Waals surface area contributed by atoms with E-state index in [1.54, 1.807) is 0 Å². The summed E-state index contributed by atoms with van der Waals surface area (Å²) in [6.07, 6.45) is 3.89. The summed E-state index contributed by atoms with van der Waals surface area (Å²) in [7, 11) is 0. The predicted molar refractivity (Wildman–Crippen MR) is 86.4 cm³/mol. The van der Waals surface area contributed by atoms with Gasteiger partial charge < -0.3 is 10.5 Å². The van der Waals surface area contributed by atoms with E-state index in [1.165, 1.54) is 28.2 Å².